The van der Waals surface area contributed by atoms with Crippen LogP contribution in [0.15, 0.2) is 99.1 Å². The number of carboxylic acids is 6. The highest BCUT2D eigenvalue weighted by atomic mass is 32.1. The monoisotopic (exact) mass is 2090 g/mol. The summed E-state index contributed by atoms with van der Waals surface area (Å²) in [7, 11) is 9.68. The number of hydrogen-bond acceptors (Lipinski definition) is 42. The Kier molecular flexibility index (Phi) is 30.7. The van der Waals surface area contributed by atoms with Gasteiger partial charge < -0.3 is 83.1 Å². The van der Waals surface area contributed by atoms with Crippen molar-refractivity contribution in [1.82, 2.24) is 89.7 Å². The molecule has 21 rings (SSSR count). The Morgan fingerprint density at radius 2 is 0.771 bits per heavy atom. The third-order valence-electron chi connectivity index (χ3n) is 23.4. The Morgan fingerprint density at radius 3 is 1.20 bits per heavy atom. The zero-order chi connectivity index (χ0) is 103. The maximum Gasteiger partial charge on any atom is 0.365 e. The van der Waals surface area contributed by atoms with Gasteiger partial charge in [-0.05, 0) is 154 Å². The molecule has 0 spiro atoms. The second kappa shape index (κ2) is 43.3. The summed E-state index contributed by atoms with van der Waals surface area (Å²) in [6, 6.07) is 26.1. The fourth-order valence-corrected chi connectivity index (χ4v) is 19.8. The van der Waals surface area contributed by atoms with Crippen LogP contribution in [0.1, 0.15) is 191 Å². The van der Waals surface area contributed by atoms with Crippen molar-refractivity contribution in [2.24, 2.45) is 0 Å². The molecular weight excluding hydrogens is 1990 g/mol. The lowest BCUT2D eigenvalue weighted by Gasteiger charge is -2.29. The van der Waals surface area contributed by atoms with Gasteiger partial charge in [0.25, 0.3) is 0 Å². The van der Waals surface area contributed by atoms with Crippen molar-refractivity contribution in [3.63, 3.8) is 0 Å². The summed E-state index contributed by atoms with van der Waals surface area (Å²) in [5.41, 5.74) is 8.37. The highest BCUT2D eigenvalue weighted by molar-refractivity contribution is 7.21. The van der Waals surface area contributed by atoms with E-state index in [2.05, 4.69) is 117 Å². The SMILES string of the molecule is CC(C)N(C)c1nc2sc(C(=O)O)nc2nc1-c1cc2cc(F)ccc2o1.CC(C)N(C)c1nc2sc(C(=O)O)nc2nc1-c1cc2ccccc2o1.CC(C)N(C)c1nc2sc(C(=O)O)nc2nc1-c1ccc2c(c1)OCO2.CC(C)N(C)c1nc2sc(C(=O)O)nc2nc1-c1cccs1.CC(C)N(C)c1nc2sc(C(=O)O)nc2nc1C1CCCC1.CC(C)c1nc2nc(C(=O)O)sc2nc1N1CCOCC1. The molecule has 1 saturated carbocycles. The summed E-state index contributed by atoms with van der Waals surface area (Å²) in [6.07, 6.45) is 4.67. The molecule has 41 nitrogen and oxygen atoms in total. The number of benzene rings is 3. The van der Waals surface area contributed by atoms with E-state index in [4.69, 9.17) is 48.3 Å². The van der Waals surface area contributed by atoms with Crippen molar-refractivity contribution in [3.05, 3.63) is 138 Å². The number of anilines is 6. The van der Waals surface area contributed by atoms with E-state index in [0.717, 1.165) is 150 Å². The lowest BCUT2D eigenvalue weighted by molar-refractivity contribution is 0.0686. The number of aromatic nitrogens is 18. The van der Waals surface area contributed by atoms with Crippen LogP contribution in [0.25, 0.3) is 130 Å². The minimum Gasteiger partial charge on any atom is -0.476 e. The highest BCUT2D eigenvalue weighted by Crippen LogP contribution is 2.45. The van der Waals surface area contributed by atoms with Gasteiger partial charge in [-0.15, -0.1) is 11.3 Å². The van der Waals surface area contributed by atoms with Crippen LogP contribution < -0.4 is 38.9 Å². The summed E-state index contributed by atoms with van der Waals surface area (Å²) in [5.74, 6) is 0.404. The lowest BCUT2D eigenvalue weighted by Crippen LogP contribution is -2.37. The standard InChI is InChI=1S/C18H15FN4O3S.C18H16N4O3S.C17H16N4O4S.C15H20N4O2S.C14H14N4O2S2.C13H16N4O3S/c1-8(2)23(3)15-13(12-7-9-6-10(19)4-5-11(9)26-12)20-14-16(22-15)27-17(21-14)18(24)25;1-9(2)22(3)15-13(12-8-10-6-4-5-7-11(10)25-12)19-14-16(21-15)26-17(20-14)18(23)24;1-8(2)21(3)14-12(9-4-5-10-11(6-9)25-7-24-10)18-13-15(20-14)26-16(19-13)17(22)23;1-8(2)19(3)12-10(9-6-4-5-7-9)16-11-13(18-12)22-14(17-11)15(20)21;1-7(2)18(3)11-9(8-5-4-6-21-8)15-10-12(17-11)22-13(16-10)14(19)20;1-7(2)8-10(17-3-5-20-6-4-17)16-11-9(14-8)15-12(21-11)13(18)19/h4-8H,1-3H3,(H,24,25);4-9H,1-3H3,(H,23,24);4-6,8H,7H2,1-3H3,(H,22,23);8-9H,4-7H2,1-3H3,(H,20,21);4-7H,1-3H3,(H,19,20);7H,3-6H2,1-2H3,(H,18,19). The molecule has 3 aliphatic rings. The van der Waals surface area contributed by atoms with Crippen molar-refractivity contribution in [2.45, 2.75) is 151 Å². The molecule has 0 atom stereocenters. The smallest absolute Gasteiger partial charge is 0.365 e. The number of para-hydroxylation sites is 1. The fourth-order valence-electron chi connectivity index (χ4n) is 14.8. The molecule has 144 heavy (non-hydrogen) atoms. The van der Waals surface area contributed by atoms with Gasteiger partial charge in [-0.25, -0.2) is 123 Å². The molecule has 0 radical (unpaired) electrons. The van der Waals surface area contributed by atoms with Gasteiger partial charge in [0.05, 0.1) is 29.5 Å². The molecule has 15 aromatic heterocycles. The van der Waals surface area contributed by atoms with Gasteiger partial charge in [0.15, 0.2) is 132 Å². The molecule has 0 amide bonds. The predicted octanol–water partition coefficient (Wildman–Crippen LogP) is 19.6. The third-order valence-corrected chi connectivity index (χ3v) is 29.9. The number of ether oxygens (including phenoxy) is 3. The predicted molar refractivity (Wildman–Crippen MR) is 554 cm³/mol. The number of fused-ring (bicyclic) bond motifs is 9. The Morgan fingerprint density at radius 1 is 0.389 bits per heavy atom. The third kappa shape index (κ3) is 22.2. The number of nitrogens with zero attached hydrogens (tertiary/aromatic N) is 24. The zero-order valence-corrected chi connectivity index (χ0v) is 86.4. The minimum atomic E-state index is -1.13. The Hall–Kier alpha value is -14.6. The van der Waals surface area contributed by atoms with E-state index in [-0.39, 0.29) is 78.4 Å². The quantitative estimate of drug-likeness (QED) is 0.0346. The van der Waals surface area contributed by atoms with Gasteiger partial charge in [-0.2, -0.15) is 0 Å². The van der Waals surface area contributed by atoms with Gasteiger partial charge >= 0.3 is 35.8 Å². The molecule has 1 saturated heterocycles. The maximum atomic E-state index is 13.5. The lowest BCUT2D eigenvalue weighted by atomic mass is 10.0. The number of rotatable bonds is 23. The molecule has 2 fully saturated rings. The second-order valence-electron chi connectivity index (χ2n) is 34.9. The van der Waals surface area contributed by atoms with Gasteiger partial charge in [-0.1, -0.05) is 119 Å². The first-order chi connectivity index (χ1) is 68.7. The number of hydrogen-bond donors (Lipinski definition) is 6. The van der Waals surface area contributed by atoms with E-state index in [1.54, 1.807) is 23.5 Å². The molecule has 18 aromatic rings. The van der Waals surface area contributed by atoms with Crippen LogP contribution in [0.5, 0.6) is 11.5 Å². The van der Waals surface area contributed by atoms with Crippen LogP contribution >= 0.6 is 79.4 Å². The van der Waals surface area contributed by atoms with Crippen molar-refractivity contribution < 1.29 is 86.8 Å². The first kappa shape index (κ1) is 102. The first-order valence-electron chi connectivity index (χ1n) is 45.3. The molecular formula is C95H97FN24O17S7. The van der Waals surface area contributed by atoms with E-state index in [1.165, 1.54) is 25.0 Å². The molecule has 748 valence electrons. The number of furan rings is 2. The van der Waals surface area contributed by atoms with Crippen LogP contribution in [-0.4, -0.2) is 255 Å². The summed E-state index contributed by atoms with van der Waals surface area (Å²) in [6.45, 7) is 27.7. The molecule has 0 bridgehead atoms. The molecule has 1 aliphatic carbocycles. The Balaban J connectivity index is 0.000000124. The molecule has 49 heteroatoms. The Bertz CT molecular complexity index is 7810. The van der Waals surface area contributed by atoms with Crippen LogP contribution in [0.3, 0.4) is 0 Å². The molecule has 17 heterocycles. The Labute approximate surface area is 847 Å². The first-order valence-corrected chi connectivity index (χ1v) is 51.1. The van der Waals surface area contributed by atoms with Crippen LogP contribution in [0, 0.1) is 5.82 Å². The number of thiophene rings is 1. The van der Waals surface area contributed by atoms with Crippen molar-refractivity contribution in [1.29, 1.82) is 0 Å². The number of morpholine rings is 1. The number of carbonyl (C=O) groups is 6. The number of carboxylic acid groups (broad SMARTS) is 6. The van der Waals surface area contributed by atoms with E-state index >= 15 is 0 Å². The van der Waals surface area contributed by atoms with Gasteiger partial charge in [-0.3, -0.25) is 0 Å². The summed E-state index contributed by atoms with van der Waals surface area (Å²) in [4.78, 5) is 163. The average Bonchev–Trinajstić information content (AvgIpc) is 1.62. The van der Waals surface area contributed by atoms with E-state index < -0.39 is 35.8 Å². The second-order valence-corrected chi connectivity index (χ2v) is 41.7. The van der Waals surface area contributed by atoms with E-state index in [9.17, 15) is 48.5 Å². The zero-order valence-electron chi connectivity index (χ0n) is 80.7. The maximum absolute atomic E-state index is 13.5. The van der Waals surface area contributed by atoms with Crippen molar-refractivity contribution >= 4 is 235 Å². The van der Waals surface area contributed by atoms with E-state index in [1.807, 2.05) is 176 Å². The van der Waals surface area contributed by atoms with Crippen LogP contribution in [-0.2, 0) is 4.74 Å². The molecule has 3 aromatic carbocycles. The molecule has 2 aliphatic heterocycles. The molecule has 6 N–H and O–H groups in total. The molecule has 0 unspecified atom stereocenters. The van der Waals surface area contributed by atoms with Gasteiger partial charge in [0, 0.05) is 101 Å². The van der Waals surface area contributed by atoms with Crippen molar-refractivity contribution in [2.75, 3.05) is 97.7 Å². The summed E-state index contributed by atoms with van der Waals surface area (Å²) < 4.78 is 41.5. The summed E-state index contributed by atoms with van der Waals surface area (Å²) >= 11 is 7.77. The average molecular weight is 2090 g/mol. The van der Waals surface area contributed by atoms with Crippen molar-refractivity contribution in [3.8, 4) is 56.2 Å². The van der Waals surface area contributed by atoms with E-state index in [0.29, 0.717) is 151 Å². The normalized spacial score (nSPS) is 13.0. The minimum absolute atomic E-state index is 0.0106. The van der Waals surface area contributed by atoms with Crippen LogP contribution in [0.2, 0.25) is 0 Å². The number of aromatic carboxylic acids is 6. The number of halogens is 1. The fraction of sp³-hybridized carbons (Fsp3) is 0.347. The van der Waals surface area contributed by atoms with Gasteiger partial charge in [0.2, 0.25) is 36.8 Å². The number of thiazole rings is 6. The topological polar surface area (TPSA) is 529 Å². The largest absolute Gasteiger partial charge is 0.476 e. The highest BCUT2D eigenvalue weighted by Gasteiger charge is 2.33. The summed E-state index contributed by atoms with van der Waals surface area (Å²) in [5, 5.41) is 58.3. The van der Waals surface area contributed by atoms with Crippen LogP contribution in [0.4, 0.5) is 39.3 Å². The van der Waals surface area contributed by atoms with Gasteiger partial charge in [0.1, 0.15) is 28.4 Å².